The van der Waals surface area contributed by atoms with Crippen molar-refractivity contribution < 1.29 is 31.7 Å². The summed E-state index contributed by atoms with van der Waals surface area (Å²) in [5.41, 5.74) is 0.761. The highest BCUT2D eigenvalue weighted by molar-refractivity contribution is 7.85. The summed E-state index contributed by atoms with van der Waals surface area (Å²) in [5, 5.41) is 0. The first-order valence-corrected chi connectivity index (χ1v) is 9.23. The van der Waals surface area contributed by atoms with E-state index < -0.39 is 22.4 Å². The molecule has 0 aromatic heterocycles. The van der Waals surface area contributed by atoms with Crippen molar-refractivity contribution in [3.63, 3.8) is 0 Å². The highest BCUT2D eigenvalue weighted by atomic mass is 32.2. The van der Waals surface area contributed by atoms with Crippen LogP contribution in [-0.4, -0.2) is 63.5 Å². The fourth-order valence-corrected chi connectivity index (χ4v) is 3.08. The lowest BCUT2D eigenvalue weighted by atomic mass is 10.1. The molecule has 0 unspecified atom stereocenters. The first-order valence-electron chi connectivity index (χ1n) is 7.41. The summed E-state index contributed by atoms with van der Waals surface area (Å²) in [6.07, 6.45) is 0.577. The third-order valence-electron chi connectivity index (χ3n) is 3.79. The largest absolute Gasteiger partial charge is 0.350 e. The van der Waals surface area contributed by atoms with Crippen molar-refractivity contribution in [1.29, 1.82) is 0 Å². The van der Waals surface area contributed by atoms with E-state index in [1.165, 1.54) is 0 Å². The fraction of sp³-hybridized carbons (Fsp3) is 0.467. The Bertz CT molecular complexity index is 718. The molecule has 9 heteroatoms. The molecule has 0 N–H and O–H groups in total. The Balaban J connectivity index is 1.56. The number of carbonyl (C=O) groups is 2. The molecule has 2 aliphatic heterocycles. The second-order valence-electron chi connectivity index (χ2n) is 5.59. The topological polar surface area (TPSA) is 99.2 Å². The molecule has 0 aliphatic carbocycles. The maximum absolute atomic E-state index is 12.4. The van der Waals surface area contributed by atoms with Crippen molar-refractivity contribution in [2.75, 3.05) is 26.1 Å². The molecular formula is C15H17NO7S. The van der Waals surface area contributed by atoms with Crippen molar-refractivity contribution in [2.45, 2.75) is 18.8 Å². The van der Waals surface area contributed by atoms with E-state index in [1.54, 1.807) is 24.3 Å². The Labute approximate surface area is 139 Å². The third-order valence-corrected chi connectivity index (χ3v) is 4.39. The van der Waals surface area contributed by atoms with E-state index in [4.69, 9.17) is 9.47 Å². The number of rotatable bonds is 5. The number of benzene rings is 1. The van der Waals surface area contributed by atoms with Gasteiger partial charge in [-0.05, 0) is 12.1 Å². The van der Waals surface area contributed by atoms with Gasteiger partial charge in [-0.1, -0.05) is 12.1 Å². The van der Waals surface area contributed by atoms with Crippen LogP contribution in [-0.2, 0) is 23.8 Å². The molecule has 2 heterocycles. The second kappa shape index (κ2) is 6.60. The molecule has 24 heavy (non-hydrogen) atoms. The van der Waals surface area contributed by atoms with Crippen LogP contribution in [0, 0.1) is 0 Å². The van der Waals surface area contributed by atoms with E-state index in [0.29, 0.717) is 11.1 Å². The maximum Gasteiger partial charge on any atom is 0.264 e. The van der Waals surface area contributed by atoms with Gasteiger partial charge in [0.05, 0.1) is 43.2 Å². The van der Waals surface area contributed by atoms with Gasteiger partial charge in [-0.3, -0.25) is 18.7 Å². The van der Waals surface area contributed by atoms with Crippen molar-refractivity contribution in [3.8, 4) is 0 Å². The molecule has 0 bridgehead atoms. The molecule has 0 spiro atoms. The first-order chi connectivity index (χ1) is 11.4. The Morgan fingerprint density at radius 3 is 2.17 bits per heavy atom. The van der Waals surface area contributed by atoms with Gasteiger partial charge in [-0.25, -0.2) is 0 Å². The van der Waals surface area contributed by atoms with Crippen molar-refractivity contribution in [2.24, 2.45) is 0 Å². The van der Waals surface area contributed by atoms with Gasteiger partial charge in [0, 0.05) is 6.42 Å². The van der Waals surface area contributed by atoms with Crippen molar-refractivity contribution >= 4 is 21.9 Å². The summed E-state index contributed by atoms with van der Waals surface area (Å²) in [7, 11) is -3.50. The molecule has 0 atom stereocenters. The Kier molecular flexibility index (Phi) is 4.68. The number of hydrogen-bond acceptors (Lipinski definition) is 7. The average molecular weight is 355 g/mol. The van der Waals surface area contributed by atoms with Gasteiger partial charge < -0.3 is 9.47 Å². The fourth-order valence-electron chi connectivity index (χ4n) is 2.68. The monoisotopic (exact) mass is 355 g/mol. The van der Waals surface area contributed by atoms with Gasteiger partial charge in [0.25, 0.3) is 21.9 Å². The van der Waals surface area contributed by atoms with Crippen LogP contribution in [0.2, 0.25) is 0 Å². The van der Waals surface area contributed by atoms with E-state index in [9.17, 15) is 18.0 Å². The van der Waals surface area contributed by atoms with Crippen LogP contribution in [0.25, 0.3) is 0 Å². The van der Waals surface area contributed by atoms with Crippen LogP contribution in [0.1, 0.15) is 27.1 Å². The van der Waals surface area contributed by atoms with E-state index in [2.05, 4.69) is 4.18 Å². The summed E-state index contributed by atoms with van der Waals surface area (Å²) < 4.78 is 37.4. The maximum atomic E-state index is 12.4. The van der Waals surface area contributed by atoms with Crippen LogP contribution < -0.4 is 0 Å². The highest BCUT2D eigenvalue weighted by Crippen LogP contribution is 2.26. The minimum atomic E-state index is -3.50. The smallest absolute Gasteiger partial charge is 0.264 e. The standard InChI is InChI=1S/C15H17NO7S/c1-24(19,20)23-7-6-13-21-8-10(9-22-13)16-14(17)11-4-2-3-5-12(11)15(16)18/h2-5,10,13H,6-9H2,1H3/t10-,13-. The van der Waals surface area contributed by atoms with Crippen LogP contribution in [0.4, 0.5) is 0 Å². The molecule has 130 valence electrons. The van der Waals surface area contributed by atoms with Gasteiger partial charge in [-0.15, -0.1) is 0 Å². The van der Waals surface area contributed by atoms with Gasteiger partial charge in [0.15, 0.2) is 6.29 Å². The SMILES string of the molecule is CS(=O)(=O)OCC[C@H]1OC[C@H](N2C(=O)c3ccccc3C2=O)CO1. The molecule has 0 saturated carbocycles. The molecule has 1 fully saturated rings. The van der Waals surface area contributed by atoms with Crippen LogP contribution in [0.3, 0.4) is 0 Å². The molecular weight excluding hydrogens is 338 g/mol. The quantitative estimate of drug-likeness (QED) is 0.556. The molecule has 1 aromatic rings. The van der Waals surface area contributed by atoms with Crippen LogP contribution in [0.15, 0.2) is 24.3 Å². The summed E-state index contributed by atoms with van der Waals surface area (Å²) in [6.45, 7) is 0.213. The summed E-state index contributed by atoms with van der Waals surface area (Å²) in [6, 6.07) is 6.14. The zero-order valence-corrected chi connectivity index (χ0v) is 13.8. The lowest BCUT2D eigenvalue weighted by Gasteiger charge is -2.33. The number of ether oxygens (including phenoxy) is 2. The van der Waals surface area contributed by atoms with E-state index >= 15 is 0 Å². The number of fused-ring (bicyclic) bond motifs is 1. The Morgan fingerprint density at radius 1 is 1.12 bits per heavy atom. The lowest BCUT2D eigenvalue weighted by Crippen LogP contribution is -2.50. The Hall–Kier alpha value is -1.81. The number of carbonyl (C=O) groups excluding carboxylic acids is 2. The van der Waals surface area contributed by atoms with Crippen molar-refractivity contribution in [3.05, 3.63) is 35.4 Å². The molecule has 1 aromatic carbocycles. The van der Waals surface area contributed by atoms with Gasteiger partial charge >= 0.3 is 0 Å². The van der Waals surface area contributed by atoms with Gasteiger partial charge in [0.1, 0.15) is 0 Å². The molecule has 0 radical (unpaired) electrons. The first kappa shape index (κ1) is 17.0. The summed E-state index contributed by atoms with van der Waals surface area (Å²) in [4.78, 5) is 25.9. The zero-order chi connectivity index (χ0) is 17.3. The number of hydrogen-bond donors (Lipinski definition) is 0. The molecule has 1 saturated heterocycles. The number of imide groups is 1. The zero-order valence-electron chi connectivity index (χ0n) is 13.0. The van der Waals surface area contributed by atoms with E-state index in [0.717, 1.165) is 11.2 Å². The van der Waals surface area contributed by atoms with Crippen LogP contribution >= 0.6 is 0 Å². The normalized spacial score (nSPS) is 24.3. The predicted octanol–water partition coefficient (Wildman–Crippen LogP) is 0.390. The average Bonchev–Trinajstić information content (AvgIpc) is 2.79. The predicted molar refractivity (Wildman–Crippen MR) is 81.8 cm³/mol. The molecule has 2 aliphatic rings. The second-order valence-corrected chi connectivity index (χ2v) is 7.23. The lowest BCUT2D eigenvalue weighted by molar-refractivity contribution is -0.201. The van der Waals surface area contributed by atoms with Crippen molar-refractivity contribution in [1.82, 2.24) is 4.90 Å². The number of amides is 2. The number of nitrogens with zero attached hydrogens (tertiary/aromatic N) is 1. The molecule has 3 rings (SSSR count). The molecule has 8 nitrogen and oxygen atoms in total. The van der Waals surface area contributed by atoms with Crippen LogP contribution in [0.5, 0.6) is 0 Å². The summed E-state index contributed by atoms with van der Waals surface area (Å²) in [5.74, 6) is -0.710. The van der Waals surface area contributed by atoms with E-state index in [1.807, 2.05) is 0 Å². The summed E-state index contributed by atoms with van der Waals surface area (Å²) >= 11 is 0. The van der Waals surface area contributed by atoms with E-state index in [-0.39, 0.29) is 38.1 Å². The minimum absolute atomic E-state index is 0.0544. The van der Waals surface area contributed by atoms with Gasteiger partial charge in [-0.2, -0.15) is 8.42 Å². The van der Waals surface area contributed by atoms with Gasteiger partial charge in [0.2, 0.25) is 0 Å². The molecule has 2 amide bonds. The Morgan fingerprint density at radius 2 is 1.67 bits per heavy atom. The third kappa shape index (κ3) is 3.48. The highest BCUT2D eigenvalue weighted by Gasteiger charge is 2.41. The minimum Gasteiger partial charge on any atom is -0.350 e.